The van der Waals surface area contributed by atoms with Gasteiger partial charge in [-0.2, -0.15) is 5.10 Å². The molecule has 7 heteroatoms. The summed E-state index contributed by atoms with van der Waals surface area (Å²) in [6.07, 6.45) is 5.42. The van der Waals surface area contributed by atoms with E-state index in [0.717, 1.165) is 25.8 Å². The van der Waals surface area contributed by atoms with Crippen molar-refractivity contribution >= 4 is 9.84 Å². The molecule has 1 aromatic heterocycles. The average Bonchev–Trinajstić information content (AvgIpc) is 3.00. The van der Waals surface area contributed by atoms with Gasteiger partial charge in [0.05, 0.1) is 17.9 Å². The van der Waals surface area contributed by atoms with Gasteiger partial charge >= 0.3 is 0 Å². The van der Waals surface area contributed by atoms with E-state index in [9.17, 15) is 12.8 Å². The van der Waals surface area contributed by atoms with E-state index in [4.69, 9.17) is 0 Å². The summed E-state index contributed by atoms with van der Waals surface area (Å²) in [7, 11) is -3.34. The van der Waals surface area contributed by atoms with Crippen LogP contribution >= 0.6 is 0 Å². The molecule has 1 aliphatic heterocycles. The van der Waals surface area contributed by atoms with Gasteiger partial charge < -0.3 is 0 Å². The molecule has 2 aromatic rings. The maximum Gasteiger partial charge on any atom is 0.178 e. The Labute approximate surface area is 135 Å². The molecule has 5 nitrogen and oxygen atoms in total. The maximum atomic E-state index is 13.9. The Morgan fingerprint density at radius 2 is 2.13 bits per heavy atom. The van der Waals surface area contributed by atoms with Crippen molar-refractivity contribution in [3.63, 3.8) is 0 Å². The van der Waals surface area contributed by atoms with Crippen LogP contribution in [0.15, 0.2) is 35.4 Å². The summed E-state index contributed by atoms with van der Waals surface area (Å²) in [5.41, 5.74) is 1.24. The van der Waals surface area contributed by atoms with Crippen LogP contribution < -0.4 is 0 Å². The lowest BCUT2D eigenvalue weighted by Gasteiger charge is -2.35. The molecule has 1 saturated heterocycles. The first-order valence-corrected chi connectivity index (χ1v) is 9.57. The van der Waals surface area contributed by atoms with Gasteiger partial charge in [0.1, 0.15) is 10.7 Å². The van der Waals surface area contributed by atoms with E-state index in [0.29, 0.717) is 17.8 Å². The van der Waals surface area contributed by atoms with Crippen molar-refractivity contribution in [3.05, 3.63) is 47.5 Å². The van der Waals surface area contributed by atoms with E-state index in [2.05, 4.69) is 15.1 Å². The number of likely N-dealkylation sites (tertiary alicyclic amines) is 1. The third-order valence-electron chi connectivity index (χ3n) is 4.31. The fraction of sp³-hybridized carbons (Fsp3) is 0.438. The number of hydrogen-bond acceptors (Lipinski definition) is 4. The van der Waals surface area contributed by atoms with Crippen molar-refractivity contribution in [1.82, 2.24) is 15.1 Å². The topological polar surface area (TPSA) is 66.1 Å². The highest BCUT2D eigenvalue weighted by Gasteiger charge is 2.30. The molecule has 3 rings (SSSR count). The van der Waals surface area contributed by atoms with Crippen molar-refractivity contribution < 1.29 is 12.8 Å². The molecule has 1 atom stereocenters. The minimum absolute atomic E-state index is 0.0874. The van der Waals surface area contributed by atoms with Gasteiger partial charge in [0.15, 0.2) is 9.84 Å². The Kier molecular flexibility index (Phi) is 4.50. The summed E-state index contributed by atoms with van der Waals surface area (Å²) in [6, 6.07) is 6.62. The number of aromatic nitrogens is 2. The fourth-order valence-corrected chi connectivity index (χ4v) is 4.00. The number of benzene rings is 1. The summed E-state index contributed by atoms with van der Waals surface area (Å²) in [4.78, 5) is 2.37. The molecule has 0 bridgehead atoms. The van der Waals surface area contributed by atoms with Crippen molar-refractivity contribution in [2.75, 3.05) is 12.8 Å². The second-order valence-corrected chi connectivity index (χ2v) is 7.98. The standard InChI is InChI=1S/C16H20FN3O2S/c1-23(21,22)15-10-18-19-16(15)14-8-4-5-9-20(14)11-12-6-2-3-7-13(12)17/h2-3,6-7,10,14H,4-5,8-9,11H2,1H3,(H,18,19)/t14-/m0/s1. The molecule has 2 heterocycles. The number of nitrogens with one attached hydrogen (secondary N) is 1. The lowest BCUT2D eigenvalue weighted by atomic mass is 9.98. The zero-order valence-electron chi connectivity index (χ0n) is 13.0. The summed E-state index contributed by atoms with van der Waals surface area (Å²) in [6.45, 7) is 1.26. The van der Waals surface area contributed by atoms with Gasteiger partial charge in [0, 0.05) is 18.4 Å². The van der Waals surface area contributed by atoms with Gasteiger partial charge in [-0.05, 0) is 25.5 Å². The van der Waals surface area contributed by atoms with Crippen molar-refractivity contribution in [2.24, 2.45) is 0 Å². The molecule has 0 saturated carbocycles. The van der Waals surface area contributed by atoms with E-state index < -0.39 is 9.84 Å². The van der Waals surface area contributed by atoms with Gasteiger partial charge in [0.25, 0.3) is 0 Å². The molecule has 0 spiro atoms. The Morgan fingerprint density at radius 3 is 2.87 bits per heavy atom. The zero-order chi connectivity index (χ0) is 16.4. The van der Waals surface area contributed by atoms with E-state index >= 15 is 0 Å². The van der Waals surface area contributed by atoms with E-state index in [-0.39, 0.29) is 16.8 Å². The number of H-pyrrole nitrogens is 1. The van der Waals surface area contributed by atoms with E-state index in [1.165, 1.54) is 18.5 Å². The minimum atomic E-state index is -3.34. The van der Waals surface area contributed by atoms with Gasteiger partial charge in [-0.3, -0.25) is 10.00 Å². The van der Waals surface area contributed by atoms with Crippen molar-refractivity contribution in [1.29, 1.82) is 0 Å². The number of nitrogens with zero attached hydrogens (tertiary/aromatic N) is 2. The van der Waals surface area contributed by atoms with Crippen LogP contribution in [0.1, 0.15) is 36.6 Å². The second kappa shape index (κ2) is 6.41. The highest BCUT2D eigenvalue weighted by atomic mass is 32.2. The Balaban J connectivity index is 1.91. The lowest BCUT2D eigenvalue weighted by Crippen LogP contribution is -2.34. The number of sulfone groups is 1. The van der Waals surface area contributed by atoms with Crippen molar-refractivity contribution in [2.45, 2.75) is 36.7 Å². The molecule has 0 radical (unpaired) electrons. The van der Waals surface area contributed by atoms with Crippen LogP contribution in [0.3, 0.4) is 0 Å². The summed E-state index contributed by atoms with van der Waals surface area (Å²) in [5.74, 6) is -0.232. The molecule has 1 aromatic carbocycles. The molecule has 1 fully saturated rings. The minimum Gasteiger partial charge on any atom is -0.290 e. The quantitative estimate of drug-likeness (QED) is 0.931. The predicted molar refractivity (Wildman–Crippen MR) is 85.1 cm³/mol. The number of rotatable bonds is 4. The van der Waals surface area contributed by atoms with Gasteiger partial charge in [-0.15, -0.1) is 0 Å². The monoisotopic (exact) mass is 337 g/mol. The van der Waals surface area contributed by atoms with Crippen LogP contribution in [0.2, 0.25) is 0 Å². The first-order chi connectivity index (χ1) is 11.0. The second-order valence-electron chi connectivity index (χ2n) is 5.99. The van der Waals surface area contributed by atoms with Gasteiger partial charge in [0.2, 0.25) is 0 Å². The normalized spacial score (nSPS) is 19.8. The molecular weight excluding hydrogens is 317 g/mol. The lowest BCUT2D eigenvalue weighted by molar-refractivity contribution is 0.133. The molecular formula is C16H20FN3O2S. The zero-order valence-corrected chi connectivity index (χ0v) is 13.8. The van der Waals surface area contributed by atoms with Crippen LogP contribution in [-0.4, -0.2) is 36.3 Å². The fourth-order valence-electron chi connectivity index (χ4n) is 3.17. The number of halogens is 1. The molecule has 0 unspecified atom stereocenters. The smallest absolute Gasteiger partial charge is 0.178 e. The number of hydrogen-bond donors (Lipinski definition) is 1. The molecule has 0 amide bonds. The van der Waals surface area contributed by atoms with Gasteiger partial charge in [-0.25, -0.2) is 12.8 Å². The number of piperidine rings is 1. The maximum absolute atomic E-state index is 13.9. The van der Waals surface area contributed by atoms with Crippen LogP contribution in [0.5, 0.6) is 0 Å². The predicted octanol–water partition coefficient (Wildman–Crippen LogP) is 2.68. The Bertz CT molecular complexity index is 788. The first kappa shape index (κ1) is 16.1. The van der Waals surface area contributed by atoms with Gasteiger partial charge in [-0.1, -0.05) is 24.6 Å². The van der Waals surface area contributed by atoms with E-state index in [1.54, 1.807) is 12.1 Å². The summed E-state index contributed by atoms with van der Waals surface area (Å²) < 4.78 is 37.8. The van der Waals surface area contributed by atoms with Crippen LogP contribution in [0.4, 0.5) is 4.39 Å². The Morgan fingerprint density at radius 1 is 1.35 bits per heavy atom. The number of aromatic amines is 1. The average molecular weight is 337 g/mol. The van der Waals surface area contributed by atoms with Crippen LogP contribution in [0, 0.1) is 5.82 Å². The molecule has 1 aliphatic rings. The largest absolute Gasteiger partial charge is 0.290 e. The Hall–Kier alpha value is -1.73. The molecule has 124 valence electrons. The molecule has 1 N–H and O–H groups in total. The molecule has 23 heavy (non-hydrogen) atoms. The SMILES string of the molecule is CS(=O)(=O)c1cn[nH]c1[C@@H]1CCCCN1Cc1ccccc1F. The molecule has 0 aliphatic carbocycles. The van der Waals surface area contributed by atoms with Crippen LogP contribution in [0.25, 0.3) is 0 Å². The van der Waals surface area contributed by atoms with Crippen LogP contribution in [-0.2, 0) is 16.4 Å². The third-order valence-corrected chi connectivity index (χ3v) is 5.43. The highest BCUT2D eigenvalue weighted by Crippen LogP contribution is 2.34. The summed E-state index contributed by atoms with van der Waals surface area (Å²) in [5, 5.41) is 6.77. The third kappa shape index (κ3) is 3.45. The first-order valence-electron chi connectivity index (χ1n) is 7.67. The highest BCUT2D eigenvalue weighted by molar-refractivity contribution is 7.90. The van der Waals surface area contributed by atoms with Crippen molar-refractivity contribution in [3.8, 4) is 0 Å². The van der Waals surface area contributed by atoms with E-state index in [1.807, 2.05) is 6.07 Å². The summed E-state index contributed by atoms with van der Waals surface area (Å²) >= 11 is 0.